The fraction of sp³-hybridized carbons (Fsp3) is 0. The molecule has 1 aromatic heterocycles. The van der Waals surface area contributed by atoms with Crippen molar-refractivity contribution in [3.63, 3.8) is 0 Å². The van der Waals surface area contributed by atoms with Gasteiger partial charge in [-0.05, 0) is 30.3 Å². The summed E-state index contributed by atoms with van der Waals surface area (Å²) >= 11 is 3.33. The standard InChI is InChI=1S/C12H9BrN2O2/c13-8-1-3-9(4-2-8)17-10-5-6-15-11(7-10)12(14)16/h1-7H,(H2,14,16). The number of pyridine rings is 1. The summed E-state index contributed by atoms with van der Waals surface area (Å²) in [6.07, 6.45) is 1.48. The Morgan fingerprint density at radius 2 is 1.88 bits per heavy atom. The smallest absolute Gasteiger partial charge is 0.267 e. The number of aromatic nitrogens is 1. The third kappa shape index (κ3) is 3.04. The lowest BCUT2D eigenvalue weighted by Crippen LogP contribution is -2.12. The molecule has 0 fully saturated rings. The van der Waals surface area contributed by atoms with Gasteiger partial charge in [0.1, 0.15) is 17.2 Å². The molecule has 2 aromatic rings. The Kier molecular flexibility index (Phi) is 3.39. The highest BCUT2D eigenvalue weighted by molar-refractivity contribution is 9.10. The first-order chi connectivity index (χ1) is 8.15. The van der Waals surface area contributed by atoms with Crippen LogP contribution >= 0.6 is 15.9 Å². The van der Waals surface area contributed by atoms with Crippen molar-refractivity contribution in [2.45, 2.75) is 0 Å². The van der Waals surface area contributed by atoms with Crippen LogP contribution in [-0.4, -0.2) is 10.9 Å². The molecule has 86 valence electrons. The highest BCUT2D eigenvalue weighted by Gasteiger charge is 2.04. The fourth-order valence-electron chi connectivity index (χ4n) is 1.25. The molecule has 4 nitrogen and oxygen atoms in total. The lowest BCUT2D eigenvalue weighted by atomic mass is 10.3. The molecule has 1 amide bonds. The second-order valence-corrected chi connectivity index (χ2v) is 4.21. The number of ether oxygens (including phenoxy) is 1. The van der Waals surface area contributed by atoms with Gasteiger partial charge < -0.3 is 10.5 Å². The molecule has 0 saturated heterocycles. The van der Waals surface area contributed by atoms with E-state index in [2.05, 4.69) is 20.9 Å². The zero-order chi connectivity index (χ0) is 12.3. The molecule has 0 aliphatic heterocycles. The van der Waals surface area contributed by atoms with E-state index in [0.717, 1.165) is 4.47 Å². The van der Waals surface area contributed by atoms with Gasteiger partial charge in [-0.1, -0.05) is 15.9 Å². The minimum atomic E-state index is -0.578. The molecule has 0 atom stereocenters. The first-order valence-electron chi connectivity index (χ1n) is 4.84. The molecule has 0 aliphatic rings. The van der Waals surface area contributed by atoms with Crippen molar-refractivity contribution in [1.29, 1.82) is 0 Å². The second-order valence-electron chi connectivity index (χ2n) is 3.30. The number of hydrogen-bond donors (Lipinski definition) is 1. The van der Waals surface area contributed by atoms with Crippen LogP contribution in [0.15, 0.2) is 47.1 Å². The van der Waals surface area contributed by atoms with E-state index in [-0.39, 0.29) is 5.69 Å². The molecule has 5 heteroatoms. The molecular formula is C12H9BrN2O2. The number of nitrogens with zero attached hydrogens (tertiary/aromatic N) is 1. The first-order valence-corrected chi connectivity index (χ1v) is 5.64. The monoisotopic (exact) mass is 292 g/mol. The van der Waals surface area contributed by atoms with Crippen molar-refractivity contribution in [3.05, 3.63) is 52.8 Å². The number of amides is 1. The Bertz CT molecular complexity index is 540. The molecule has 1 heterocycles. The summed E-state index contributed by atoms with van der Waals surface area (Å²) in [5.41, 5.74) is 5.31. The molecule has 0 saturated carbocycles. The maximum Gasteiger partial charge on any atom is 0.267 e. The fourth-order valence-corrected chi connectivity index (χ4v) is 1.51. The molecule has 0 spiro atoms. The van der Waals surface area contributed by atoms with Crippen LogP contribution in [0.3, 0.4) is 0 Å². The number of carbonyl (C=O) groups is 1. The van der Waals surface area contributed by atoms with Crippen LogP contribution in [0.4, 0.5) is 0 Å². The lowest BCUT2D eigenvalue weighted by Gasteiger charge is -2.05. The molecule has 2 N–H and O–H groups in total. The Hall–Kier alpha value is -1.88. The molecule has 17 heavy (non-hydrogen) atoms. The molecule has 0 unspecified atom stereocenters. The van der Waals surface area contributed by atoms with E-state index in [0.29, 0.717) is 11.5 Å². The van der Waals surface area contributed by atoms with Gasteiger partial charge in [0.15, 0.2) is 0 Å². The summed E-state index contributed by atoms with van der Waals surface area (Å²) in [4.78, 5) is 14.8. The molecule has 0 bridgehead atoms. The summed E-state index contributed by atoms with van der Waals surface area (Å²) in [6, 6.07) is 10.5. The van der Waals surface area contributed by atoms with E-state index >= 15 is 0 Å². The van der Waals surface area contributed by atoms with Gasteiger partial charge in [0.05, 0.1) is 0 Å². The molecule has 0 aliphatic carbocycles. The van der Waals surface area contributed by atoms with Crippen molar-refractivity contribution < 1.29 is 9.53 Å². The summed E-state index contributed by atoms with van der Waals surface area (Å²) in [7, 11) is 0. The quantitative estimate of drug-likeness (QED) is 0.946. The van der Waals surface area contributed by atoms with Gasteiger partial charge in [0, 0.05) is 16.7 Å². The topological polar surface area (TPSA) is 65.2 Å². The summed E-state index contributed by atoms with van der Waals surface area (Å²) in [5.74, 6) is 0.622. The minimum absolute atomic E-state index is 0.180. The Morgan fingerprint density at radius 1 is 1.18 bits per heavy atom. The third-order valence-corrected chi connectivity index (χ3v) is 2.56. The Labute approximate surface area is 107 Å². The molecular weight excluding hydrogens is 284 g/mol. The number of nitrogens with two attached hydrogens (primary N) is 1. The first kappa shape index (κ1) is 11.6. The van der Waals surface area contributed by atoms with Crippen molar-refractivity contribution >= 4 is 21.8 Å². The SMILES string of the molecule is NC(=O)c1cc(Oc2ccc(Br)cc2)ccn1. The average Bonchev–Trinajstić information content (AvgIpc) is 2.32. The number of primary amides is 1. The zero-order valence-corrected chi connectivity index (χ0v) is 10.3. The molecule has 2 rings (SSSR count). The lowest BCUT2D eigenvalue weighted by molar-refractivity contribution is 0.0995. The predicted octanol–water partition coefficient (Wildman–Crippen LogP) is 2.74. The van der Waals surface area contributed by atoms with Crippen molar-refractivity contribution in [1.82, 2.24) is 4.98 Å². The number of hydrogen-bond acceptors (Lipinski definition) is 3. The van der Waals surface area contributed by atoms with E-state index in [1.807, 2.05) is 24.3 Å². The average molecular weight is 293 g/mol. The maximum atomic E-state index is 10.9. The molecule has 0 radical (unpaired) electrons. The van der Waals surface area contributed by atoms with Gasteiger partial charge in [-0.3, -0.25) is 9.78 Å². The van der Waals surface area contributed by atoms with Crippen LogP contribution < -0.4 is 10.5 Å². The normalized spacial score (nSPS) is 9.94. The predicted molar refractivity (Wildman–Crippen MR) is 67.0 cm³/mol. The van der Waals surface area contributed by atoms with Crippen molar-refractivity contribution in [2.24, 2.45) is 5.73 Å². The van der Waals surface area contributed by atoms with E-state index in [1.54, 1.807) is 6.07 Å². The van der Waals surface area contributed by atoms with Crippen LogP contribution in [0, 0.1) is 0 Å². The highest BCUT2D eigenvalue weighted by Crippen LogP contribution is 2.23. The van der Waals surface area contributed by atoms with Crippen LogP contribution in [0.25, 0.3) is 0 Å². The van der Waals surface area contributed by atoms with Crippen LogP contribution in [-0.2, 0) is 0 Å². The number of benzene rings is 1. The summed E-state index contributed by atoms with van der Waals surface area (Å²) in [5, 5.41) is 0. The number of halogens is 1. The van der Waals surface area contributed by atoms with Crippen molar-refractivity contribution in [3.8, 4) is 11.5 Å². The largest absolute Gasteiger partial charge is 0.457 e. The van der Waals surface area contributed by atoms with Gasteiger partial charge in [-0.15, -0.1) is 0 Å². The van der Waals surface area contributed by atoms with Gasteiger partial charge in [-0.25, -0.2) is 0 Å². The minimum Gasteiger partial charge on any atom is -0.457 e. The van der Waals surface area contributed by atoms with Gasteiger partial charge in [0.25, 0.3) is 5.91 Å². The highest BCUT2D eigenvalue weighted by atomic mass is 79.9. The zero-order valence-electron chi connectivity index (χ0n) is 8.76. The summed E-state index contributed by atoms with van der Waals surface area (Å²) in [6.45, 7) is 0. The Morgan fingerprint density at radius 3 is 2.53 bits per heavy atom. The van der Waals surface area contributed by atoms with E-state index < -0.39 is 5.91 Å². The summed E-state index contributed by atoms with van der Waals surface area (Å²) < 4.78 is 6.53. The van der Waals surface area contributed by atoms with E-state index in [1.165, 1.54) is 12.3 Å². The maximum absolute atomic E-state index is 10.9. The van der Waals surface area contributed by atoms with Crippen molar-refractivity contribution in [2.75, 3.05) is 0 Å². The van der Waals surface area contributed by atoms with E-state index in [4.69, 9.17) is 10.5 Å². The molecule has 1 aromatic carbocycles. The van der Waals surface area contributed by atoms with Gasteiger partial charge in [-0.2, -0.15) is 0 Å². The van der Waals surface area contributed by atoms with Crippen LogP contribution in [0.5, 0.6) is 11.5 Å². The third-order valence-electron chi connectivity index (χ3n) is 2.03. The van der Waals surface area contributed by atoms with Crippen LogP contribution in [0.2, 0.25) is 0 Å². The Balaban J connectivity index is 2.21. The van der Waals surface area contributed by atoms with E-state index in [9.17, 15) is 4.79 Å². The van der Waals surface area contributed by atoms with Gasteiger partial charge >= 0.3 is 0 Å². The second kappa shape index (κ2) is 4.97. The van der Waals surface area contributed by atoms with Gasteiger partial charge in [0.2, 0.25) is 0 Å². The van der Waals surface area contributed by atoms with Crippen LogP contribution in [0.1, 0.15) is 10.5 Å². The number of carbonyl (C=O) groups excluding carboxylic acids is 1. The number of rotatable bonds is 3.